The standard InChI is InChI=1S/C21H23N3O3S/c1-4-16-6-5-7-17(11-16)22-19(25)13-28-21-24-23-20(27-21)12-26-18-10-14(2)8-9-15(18)3/h5-11H,4,12-13H2,1-3H3,(H,22,25). The van der Waals surface area contributed by atoms with Gasteiger partial charge in [-0.25, -0.2) is 0 Å². The number of carbonyl (C=O) groups excluding carboxylic acids is 1. The van der Waals surface area contributed by atoms with Gasteiger partial charge in [-0.05, 0) is 55.2 Å². The fourth-order valence-electron chi connectivity index (χ4n) is 2.55. The van der Waals surface area contributed by atoms with Gasteiger partial charge < -0.3 is 14.5 Å². The smallest absolute Gasteiger partial charge is 0.277 e. The van der Waals surface area contributed by atoms with Crippen LogP contribution in [-0.2, 0) is 17.8 Å². The number of nitrogens with zero attached hydrogens (tertiary/aromatic N) is 2. The van der Waals surface area contributed by atoms with Crippen molar-refractivity contribution in [1.82, 2.24) is 10.2 Å². The van der Waals surface area contributed by atoms with Gasteiger partial charge in [-0.15, -0.1) is 10.2 Å². The highest BCUT2D eigenvalue weighted by Crippen LogP contribution is 2.22. The third-order valence-electron chi connectivity index (χ3n) is 4.09. The highest BCUT2D eigenvalue weighted by molar-refractivity contribution is 7.99. The summed E-state index contributed by atoms with van der Waals surface area (Å²) in [5, 5.41) is 11.2. The zero-order chi connectivity index (χ0) is 19.9. The maximum Gasteiger partial charge on any atom is 0.277 e. The molecular formula is C21H23N3O3S. The predicted molar refractivity (Wildman–Crippen MR) is 110 cm³/mol. The van der Waals surface area contributed by atoms with E-state index < -0.39 is 0 Å². The average Bonchev–Trinajstić information content (AvgIpc) is 3.15. The topological polar surface area (TPSA) is 77.2 Å². The van der Waals surface area contributed by atoms with E-state index in [0.29, 0.717) is 11.1 Å². The molecule has 7 heteroatoms. The van der Waals surface area contributed by atoms with Crippen LogP contribution >= 0.6 is 11.8 Å². The summed E-state index contributed by atoms with van der Waals surface area (Å²) >= 11 is 1.20. The van der Waals surface area contributed by atoms with Crippen molar-refractivity contribution < 1.29 is 13.9 Å². The normalized spacial score (nSPS) is 10.7. The van der Waals surface area contributed by atoms with Gasteiger partial charge in [0.05, 0.1) is 5.75 Å². The van der Waals surface area contributed by atoms with Crippen molar-refractivity contribution in [2.24, 2.45) is 0 Å². The summed E-state index contributed by atoms with van der Waals surface area (Å²) in [7, 11) is 0. The molecule has 0 aliphatic heterocycles. The van der Waals surface area contributed by atoms with E-state index in [4.69, 9.17) is 9.15 Å². The van der Waals surface area contributed by atoms with Gasteiger partial charge in [0, 0.05) is 5.69 Å². The Morgan fingerprint density at radius 3 is 2.86 bits per heavy atom. The lowest BCUT2D eigenvalue weighted by Gasteiger charge is -2.07. The summed E-state index contributed by atoms with van der Waals surface area (Å²) in [6.45, 7) is 6.26. The molecule has 0 bridgehead atoms. The lowest BCUT2D eigenvalue weighted by molar-refractivity contribution is -0.113. The number of thioether (sulfide) groups is 1. The number of carbonyl (C=O) groups is 1. The summed E-state index contributed by atoms with van der Waals surface area (Å²) in [5.74, 6) is 1.24. The Morgan fingerprint density at radius 2 is 2.04 bits per heavy atom. The molecule has 1 N–H and O–H groups in total. The number of ether oxygens (including phenoxy) is 1. The largest absolute Gasteiger partial charge is 0.484 e. The molecule has 0 unspecified atom stereocenters. The molecule has 0 saturated heterocycles. The van der Waals surface area contributed by atoms with Crippen LogP contribution in [-0.4, -0.2) is 21.9 Å². The number of amides is 1. The van der Waals surface area contributed by atoms with Crippen LogP contribution in [0.5, 0.6) is 5.75 Å². The summed E-state index contributed by atoms with van der Waals surface area (Å²) in [5.41, 5.74) is 4.13. The molecule has 0 spiro atoms. The molecule has 28 heavy (non-hydrogen) atoms. The van der Waals surface area contributed by atoms with Crippen molar-refractivity contribution in [2.45, 2.75) is 39.0 Å². The fraction of sp³-hybridized carbons (Fsp3) is 0.286. The molecule has 3 aromatic rings. The Balaban J connectivity index is 1.49. The molecular weight excluding hydrogens is 374 g/mol. The van der Waals surface area contributed by atoms with Gasteiger partial charge >= 0.3 is 0 Å². The zero-order valence-corrected chi connectivity index (χ0v) is 17.0. The van der Waals surface area contributed by atoms with E-state index in [1.807, 2.05) is 56.3 Å². The van der Waals surface area contributed by atoms with Crippen molar-refractivity contribution in [1.29, 1.82) is 0 Å². The molecule has 146 valence electrons. The second-order valence-electron chi connectivity index (χ2n) is 6.41. The van der Waals surface area contributed by atoms with Crippen LogP contribution in [0.4, 0.5) is 5.69 Å². The molecule has 2 aromatic carbocycles. The van der Waals surface area contributed by atoms with E-state index in [1.165, 1.54) is 17.3 Å². The first-order valence-corrected chi connectivity index (χ1v) is 10.1. The van der Waals surface area contributed by atoms with Crippen molar-refractivity contribution in [3.05, 3.63) is 65.0 Å². The highest BCUT2D eigenvalue weighted by Gasteiger charge is 2.11. The molecule has 1 amide bonds. The third kappa shape index (κ3) is 5.60. The van der Waals surface area contributed by atoms with E-state index >= 15 is 0 Å². The summed E-state index contributed by atoms with van der Waals surface area (Å²) in [6, 6.07) is 13.8. The number of hydrogen-bond donors (Lipinski definition) is 1. The lowest BCUT2D eigenvalue weighted by atomic mass is 10.1. The van der Waals surface area contributed by atoms with E-state index in [1.54, 1.807) is 0 Å². The molecule has 0 saturated carbocycles. The monoisotopic (exact) mass is 397 g/mol. The van der Waals surface area contributed by atoms with Crippen molar-refractivity contribution in [3.63, 3.8) is 0 Å². The van der Waals surface area contributed by atoms with Crippen LogP contribution in [0, 0.1) is 13.8 Å². The number of rotatable bonds is 8. The Hall–Kier alpha value is -2.80. The Morgan fingerprint density at radius 1 is 1.18 bits per heavy atom. The van der Waals surface area contributed by atoms with Crippen molar-refractivity contribution in [3.8, 4) is 5.75 Å². The van der Waals surface area contributed by atoms with Crippen LogP contribution in [0.2, 0.25) is 0 Å². The van der Waals surface area contributed by atoms with Gasteiger partial charge in [-0.3, -0.25) is 4.79 Å². The van der Waals surface area contributed by atoms with E-state index in [0.717, 1.165) is 29.0 Å². The van der Waals surface area contributed by atoms with Crippen LogP contribution in [0.25, 0.3) is 0 Å². The van der Waals surface area contributed by atoms with Gasteiger partial charge in [0.2, 0.25) is 5.91 Å². The molecule has 6 nitrogen and oxygen atoms in total. The number of hydrogen-bond acceptors (Lipinski definition) is 6. The van der Waals surface area contributed by atoms with Gasteiger partial charge in [0.1, 0.15) is 5.75 Å². The lowest BCUT2D eigenvalue weighted by Crippen LogP contribution is -2.14. The Kier molecular flexibility index (Phi) is 6.71. The van der Waals surface area contributed by atoms with Crippen LogP contribution in [0.1, 0.15) is 29.5 Å². The van der Waals surface area contributed by atoms with Crippen molar-refractivity contribution >= 4 is 23.4 Å². The van der Waals surface area contributed by atoms with E-state index in [2.05, 4.69) is 22.4 Å². The van der Waals surface area contributed by atoms with Crippen LogP contribution in [0.3, 0.4) is 0 Å². The number of benzene rings is 2. The van der Waals surface area contributed by atoms with Crippen LogP contribution < -0.4 is 10.1 Å². The van der Waals surface area contributed by atoms with Crippen molar-refractivity contribution in [2.75, 3.05) is 11.1 Å². The number of aryl methyl sites for hydroxylation is 3. The van der Waals surface area contributed by atoms with Gasteiger partial charge in [-0.1, -0.05) is 43.0 Å². The highest BCUT2D eigenvalue weighted by atomic mass is 32.2. The van der Waals surface area contributed by atoms with E-state index in [9.17, 15) is 4.79 Å². The fourth-order valence-corrected chi connectivity index (χ4v) is 3.13. The molecule has 0 atom stereocenters. The minimum atomic E-state index is -0.121. The third-order valence-corrected chi connectivity index (χ3v) is 4.91. The molecule has 0 aliphatic rings. The minimum absolute atomic E-state index is 0.121. The SMILES string of the molecule is CCc1cccc(NC(=O)CSc2nnc(COc3cc(C)ccc3C)o2)c1. The first-order chi connectivity index (χ1) is 13.5. The van der Waals surface area contributed by atoms with Crippen LogP contribution in [0.15, 0.2) is 52.1 Å². The second-order valence-corrected chi connectivity index (χ2v) is 7.34. The second kappa shape index (κ2) is 9.41. The van der Waals surface area contributed by atoms with Gasteiger partial charge in [0.15, 0.2) is 6.61 Å². The Bertz CT molecular complexity index is 956. The summed E-state index contributed by atoms with van der Waals surface area (Å²) in [6.07, 6.45) is 0.924. The molecule has 0 fully saturated rings. The average molecular weight is 398 g/mol. The summed E-state index contributed by atoms with van der Waals surface area (Å²) in [4.78, 5) is 12.1. The maximum atomic E-state index is 12.1. The Labute approximate surface area is 168 Å². The first-order valence-electron chi connectivity index (χ1n) is 9.07. The molecule has 0 radical (unpaired) electrons. The quantitative estimate of drug-likeness (QED) is 0.562. The number of nitrogens with one attached hydrogen (secondary N) is 1. The molecule has 3 rings (SSSR count). The van der Waals surface area contributed by atoms with E-state index in [-0.39, 0.29) is 18.3 Å². The van der Waals surface area contributed by atoms with Gasteiger partial charge in [0.25, 0.3) is 11.1 Å². The molecule has 1 heterocycles. The minimum Gasteiger partial charge on any atom is -0.484 e. The molecule has 1 aromatic heterocycles. The number of aromatic nitrogens is 2. The predicted octanol–water partition coefficient (Wildman–Crippen LogP) is 4.56. The summed E-state index contributed by atoms with van der Waals surface area (Å²) < 4.78 is 11.3. The molecule has 0 aliphatic carbocycles. The van der Waals surface area contributed by atoms with Gasteiger partial charge in [-0.2, -0.15) is 0 Å². The maximum absolute atomic E-state index is 12.1. The number of anilines is 1. The first kappa shape index (κ1) is 19.9. The zero-order valence-electron chi connectivity index (χ0n) is 16.2.